The van der Waals surface area contributed by atoms with Gasteiger partial charge in [-0.15, -0.1) is 12.4 Å². The highest BCUT2D eigenvalue weighted by molar-refractivity contribution is 5.85. The van der Waals surface area contributed by atoms with Gasteiger partial charge >= 0.3 is 0 Å². The third-order valence-electron chi connectivity index (χ3n) is 2.57. The Morgan fingerprint density at radius 2 is 1.63 bits per heavy atom. The van der Waals surface area contributed by atoms with E-state index in [1.165, 1.54) is 12.8 Å². The fraction of sp³-hybridized carbons (Fsp3) is 0.600. The van der Waals surface area contributed by atoms with Crippen LogP contribution in [0.4, 0.5) is 0 Å². The summed E-state index contributed by atoms with van der Waals surface area (Å²) in [6.45, 7) is 5.56. The van der Waals surface area contributed by atoms with E-state index in [4.69, 9.17) is 15.2 Å². The van der Waals surface area contributed by atoms with Crippen molar-refractivity contribution >= 4 is 12.4 Å². The zero-order chi connectivity index (χ0) is 13.2. The molecule has 0 unspecified atom stereocenters. The second-order valence-corrected chi connectivity index (χ2v) is 4.66. The van der Waals surface area contributed by atoms with Crippen molar-refractivity contribution in [2.24, 2.45) is 5.73 Å². The first kappa shape index (κ1) is 18.1. The zero-order valence-electron chi connectivity index (χ0n) is 11.9. The summed E-state index contributed by atoms with van der Waals surface area (Å²) in [5.74, 6) is 1.67. The minimum Gasteiger partial charge on any atom is -0.490 e. The third-order valence-corrected chi connectivity index (χ3v) is 2.57. The average Bonchev–Trinajstić information content (AvgIpc) is 2.35. The van der Waals surface area contributed by atoms with Gasteiger partial charge in [0, 0.05) is 0 Å². The van der Waals surface area contributed by atoms with Gasteiger partial charge in [-0.25, -0.2) is 0 Å². The number of rotatable bonds is 9. The van der Waals surface area contributed by atoms with E-state index < -0.39 is 0 Å². The fourth-order valence-corrected chi connectivity index (χ4v) is 1.70. The molecule has 110 valence electrons. The van der Waals surface area contributed by atoms with Gasteiger partial charge in [0.15, 0.2) is 11.5 Å². The van der Waals surface area contributed by atoms with Gasteiger partial charge in [-0.3, -0.25) is 0 Å². The van der Waals surface area contributed by atoms with E-state index in [1.54, 1.807) is 0 Å². The number of unbranched alkanes of at least 4 members (excludes halogenated alkanes) is 3. The summed E-state index contributed by atoms with van der Waals surface area (Å²) in [7, 11) is 0. The molecule has 0 radical (unpaired) electrons. The van der Waals surface area contributed by atoms with Crippen molar-refractivity contribution in [2.75, 3.05) is 13.2 Å². The van der Waals surface area contributed by atoms with Gasteiger partial charge in [0.2, 0.25) is 0 Å². The Morgan fingerprint density at radius 1 is 1.00 bits per heavy atom. The molecule has 0 aromatic heterocycles. The smallest absolute Gasteiger partial charge is 0.161 e. The van der Waals surface area contributed by atoms with Crippen molar-refractivity contribution in [2.45, 2.75) is 45.6 Å². The van der Waals surface area contributed by atoms with Crippen LogP contribution in [-0.4, -0.2) is 19.3 Å². The van der Waals surface area contributed by atoms with Gasteiger partial charge in [-0.05, 0) is 45.4 Å². The highest BCUT2D eigenvalue weighted by Gasteiger charge is 2.05. The SMILES string of the molecule is CC(C)Oc1ccccc1OCCCCCCN.Cl. The van der Waals surface area contributed by atoms with E-state index in [9.17, 15) is 0 Å². The second kappa shape index (κ2) is 10.9. The number of ether oxygens (including phenoxy) is 2. The quantitative estimate of drug-likeness (QED) is 0.703. The standard InChI is InChI=1S/C15H25NO2.ClH/c1-13(2)18-15-10-6-5-9-14(15)17-12-8-4-3-7-11-16;/h5-6,9-10,13H,3-4,7-8,11-12,16H2,1-2H3;1H. The normalized spacial score (nSPS) is 10.1. The number of nitrogens with two attached hydrogens (primary N) is 1. The fourth-order valence-electron chi connectivity index (χ4n) is 1.70. The van der Waals surface area contributed by atoms with Crippen molar-refractivity contribution in [1.29, 1.82) is 0 Å². The summed E-state index contributed by atoms with van der Waals surface area (Å²) in [4.78, 5) is 0. The largest absolute Gasteiger partial charge is 0.490 e. The van der Waals surface area contributed by atoms with Crippen LogP contribution in [0.15, 0.2) is 24.3 Å². The Bertz CT molecular complexity index is 332. The maximum Gasteiger partial charge on any atom is 0.161 e. The van der Waals surface area contributed by atoms with E-state index in [1.807, 2.05) is 38.1 Å². The molecule has 0 aliphatic rings. The van der Waals surface area contributed by atoms with Crippen LogP contribution in [0.1, 0.15) is 39.5 Å². The Labute approximate surface area is 122 Å². The summed E-state index contributed by atoms with van der Waals surface area (Å²) in [6, 6.07) is 7.84. The minimum absolute atomic E-state index is 0. The third kappa shape index (κ3) is 7.96. The van der Waals surface area contributed by atoms with Gasteiger partial charge < -0.3 is 15.2 Å². The van der Waals surface area contributed by atoms with Crippen LogP contribution in [0.2, 0.25) is 0 Å². The Balaban J connectivity index is 0.00000324. The first-order valence-corrected chi connectivity index (χ1v) is 6.82. The molecule has 0 saturated carbocycles. The first-order valence-electron chi connectivity index (χ1n) is 6.82. The van der Waals surface area contributed by atoms with E-state index in [2.05, 4.69) is 0 Å². The summed E-state index contributed by atoms with van der Waals surface area (Å²) in [6.07, 6.45) is 4.69. The molecular formula is C15H26ClNO2. The van der Waals surface area contributed by atoms with Crippen molar-refractivity contribution in [3.8, 4) is 11.5 Å². The molecule has 0 bridgehead atoms. The maximum atomic E-state index is 5.76. The molecule has 2 N–H and O–H groups in total. The van der Waals surface area contributed by atoms with Crippen LogP contribution in [0.5, 0.6) is 11.5 Å². The molecule has 1 rings (SSSR count). The zero-order valence-corrected chi connectivity index (χ0v) is 12.7. The van der Waals surface area contributed by atoms with Gasteiger partial charge in [-0.2, -0.15) is 0 Å². The summed E-state index contributed by atoms with van der Waals surface area (Å²) >= 11 is 0. The molecule has 0 heterocycles. The molecule has 0 fully saturated rings. The Morgan fingerprint density at radius 3 is 2.26 bits per heavy atom. The van der Waals surface area contributed by atoms with Crippen LogP contribution in [0.25, 0.3) is 0 Å². The van der Waals surface area contributed by atoms with Crippen LogP contribution in [0.3, 0.4) is 0 Å². The lowest BCUT2D eigenvalue weighted by Crippen LogP contribution is -2.07. The predicted octanol–water partition coefficient (Wildman–Crippen LogP) is 3.79. The number of hydrogen-bond donors (Lipinski definition) is 1. The summed E-state index contributed by atoms with van der Waals surface area (Å²) < 4.78 is 11.5. The molecule has 0 aliphatic carbocycles. The van der Waals surface area contributed by atoms with Crippen molar-refractivity contribution in [3.05, 3.63) is 24.3 Å². The number of hydrogen-bond acceptors (Lipinski definition) is 3. The lowest BCUT2D eigenvalue weighted by atomic mass is 10.2. The Kier molecular flexibility index (Phi) is 10.4. The lowest BCUT2D eigenvalue weighted by Gasteiger charge is -2.14. The van der Waals surface area contributed by atoms with Gasteiger partial charge in [-0.1, -0.05) is 25.0 Å². The number of halogens is 1. The van der Waals surface area contributed by atoms with Gasteiger partial charge in [0.25, 0.3) is 0 Å². The Hall–Kier alpha value is -0.930. The van der Waals surface area contributed by atoms with Crippen LogP contribution < -0.4 is 15.2 Å². The van der Waals surface area contributed by atoms with E-state index in [0.717, 1.165) is 37.5 Å². The first-order chi connectivity index (χ1) is 8.74. The molecule has 0 spiro atoms. The maximum absolute atomic E-state index is 5.76. The average molecular weight is 288 g/mol. The summed E-state index contributed by atoms with van der Waals surface area (Å²) in [5.41, 5.74) is 5.45. The van der Waals surface area contributed by atoms with Crippen LogP contribution >= 0.6 is 12.4 Å². The second-order valence-electron chi connectivity index (χ2n) is 4.66. The van der Waals surface area contributed by atoms with E-state index in [0.29, 0.717) is 0 Å². The molecule has 0 saturated heterocycles. The molecular weight excluding hydrogens is 262 g/mol. The van der Waals surface area contributed by atoms with Crippen molar-refractivity contribution < 1.29 is 9.47 Å². The number of para-hydroxylation sites is 2. The molecule has 4 heteroatoms. The van der Waals surface area contributed by atoms with E-state index in [-0.39, 0.29) is 18.5 Å². The number of benzene rings is 1. The molecule has 3 nitrogen and oxygen atoms in total. The topological polar surface area (TPSA) is 44.5 Å². The summed E-state index contributed by atoms with van der Waals surface area (Å²) in [5, 5.41) is 0. The highest BCUT2D eigenvalue weighted by Crippen LogP contribution is 2.27. The monoisotopic (exact) mass is 287 g/mol. The minimum atomic E-state index is 0. The molecule has 0 aliphatic heterocycles. The molecule has 1 aromatic rings. The highest BCUT2D eigenvalue weighted by atomic mass is 35.5. The van der Waals surface area contributed by atoms with Crippen molar-refractivity contribution in [1.82, 2.24) is 0 Å². The molecule has 0 amide bonds. The van der Waals surface area contributed by atoms with Crippen LogP contribution in [-0.2, 0) is 0 Å². The van der Waals surface area contributed by atoms with Crippen LogP contribution in [0, 0.1) is 0 Å². The van der Waals surface area contributed by atoms with Gasteiger partial charge in [0.1, 0.15) is 0 Å². The molecule has 19 heavy (non-hydrogen) atoms. The lowest BCUT2D eigenvalue weighted by molar-refractivity contribution is 0.219. The van der Waals surface area contributed by atoms with Gasteiger partial charge in [0.05, 0.1) is 12.7 Å². The molecule has 1 aromatic carbocycles. The molecule has 0 atom stereocenters. The van der Waals surface area contributed by atoms with Crippen molar-refractivity contribution in [3.63, 3.8) is 0 Å². The predicted molar refractivity (Wildman–Crippen MR) is 82.5 cm³/mol. The van der Waals surface area contributed by atoms with E-state index >= 15 is 0 Å².